The number of hydrogen-bond donors (Lipinski definition) is 2. The van der Waals surface area contributed by atoms with Crippen LogP contribution in [0.1, 0.15) is 22.7 Å². The monoisotopic (exact) mass is 575 g/mol. The number of anilines is 1. The number of allylic oxidation sites excluding steroid dienone is 1. The molecule has 1 unspecified atom stereocenters. The molecule has 0 saturated carbocycles. The van der Waals surface area contributed by atoms with Crippen LogP contribution in [0.3, 0.4) is 0 Å². The van der Waals surface area contributed by atoms with Gasteiger partial charge >= 0.3 is 0 Å². The highest BCUT2D eigenvalue weighted by Crippen LogP contribution is 2.44. The summed E-state index contributed by atoms with van der Waals surface area (Å²) in [5.74, 6) is -1.88. The Morgan fingerprint density at radius 3 is 2.58 bits per heavy atom. The Bertz CT molecular complexity index is 1620. The minimum absolute atomic E-state index is 0.123. The Balaban J connectivity index is 1.49. The van der Waals surface area contributed by atoms with E-state index in [2.05, 4.69) is 10.2 Å². The Morgan fingerprint density at radius 2 is 1.85 bits per heavy atom. The lowest BCUT2D eigenvalue weighted by molar-refractivity contribution is -0.117. The third kappa shape index (κ3) is 5.61. The van der Waals surface area contributed by atoms with Gasteiger partial charge in [0.05, 0.1) is 18.7 Å². The summed E-state index contributed by atoms with van der Waals surface area (Å²) in [7, 11) is 1.38. The van der Waals surface area contributed by atoms with Crippen LogP contribution in [0, 0.1) is 5.82 Å². The van der Waals surface area contributed by atoms with Crippen LogP contribution in [-0.4, -0.2) is 39.2 Å². The van der Waals surface area contributed by atoms with Crippen molar-refractivity contribution in [3.05, 3.63) is 113 Å². The average molecular weight is 576 g/mol. The van der Waals surface area contributed by atoms with E-state index in [1.807, 2.05) is 30.3 Å². The second-order valence-electron chi connectivity index (χ2n) is 8.65. The molecule has 1 aromatic heterocycles. The third-order valence-electron chi connectivity index (χ3n) is 6.10. The number of carbonyl (C=O) groups excluding carboxylic acids is 2. The number of amides is 1. The van der Waals surface area contributed by atoms with Crippen molar-refractivity contribution in [3.8, 4) is 11.5 Å². The van der Waals surface area contributed by atoms with Gasteiger partial charge in [-0.3, -0.25) is 14.5 Å². The van der Waals surface area contributed by atoms with E-state index in [1.54, 1.807) is 24.3 Å². The molecule has 0 fully saturated rings. The predicted octanol–water partition coefficient (Wildman–Crippen LogP) is 5.87. The zero-order chi connectivity index (χ0) is 28.2. The normalized spacial score (nSPS) is 15.3. The number of phenols is 1. The number of aromatic nitrogens is 2. The zero-order valence-corrected chi connectivity index (χ0v) is 22.7. The average Bonchev–Trinajstić information content (AvgIpc) is 3.54. The fraction of sp³-hybridized carbons (Fsp3) is 0.103. The highest BCUT2D eigenvalue weighted by atomic mass is 32.2. The maximum Gasteiger partial charge on any atom is 0.296 e. The van der Waals surface area contributed by atoms with Gasteiger partial charge < -0.3 is 14.9 Å². The number of thioether (sulfide) groups is 1. The van der Waals surface area contributed by atoms with Gasteiger partial charge in [0.15, 0.2) is 27.4 Å². The SMILES string of the molecule is COc1cc(C2C(C(=O)/C=C/c3ccccc3)=C(O)C(=O)N2c2nnc(SCc3ccc(F)cc3)s2)ccc1O. The molecule has 5 rings (SSSR count). The van der Waals surface area contributed by atoms with Crippen molar-refractivity contribution in [3.63, 3.8) is 0 Å². The number of aliphatic hydroxyl groups excluding tert-OH is 1. The Labute approximate surface area is 237 Å². The molecule has 202 valence electrons. The van der Waals surface area contributed by atoms with Crippen LogP contribution in [0.25, 0.3) is 6.08 Å². The number of nitrogens with zero attached hydrogens (tertiary/aromatic N) is 3. The first kappa shape index (κ1) is 27.1. The highest BCUT2D eigenvalue weighted by molar-refractivity contribution is 8.00. The van der Waals surface area contributed by atoms with Gasteiger partial charge in [-0.25, -0.2) is 4.39 Å². The number of halogens is 1. The molecule has 11 heteroatoms. The van der Waals surface area contributed by atoms with Crippen LogP contribution >= 0.6 is 23.1 Å². The number of phenolic OH excluding ortho intramolecular Hbond substituents is 1. The molecule has 1 atom stereocenters. The molecular formula is C29H22FN3O5S2. The van der Waals surface area contributed by atoms with Crippen LogP contribution in [0.4, 0.5) is 9.52 Å². The van der Waals surface area contributed by atoms with E-state index in [-0.39, 0.29) is 28.0 Å². The number of rotatable bonds is 9. The molecule has 1 amide bonds. The van der Waals surface area contributed by atoms with E-state index in [4.69, 9.17) is 4.74 Å². The summed E-state index contributed by atoms with van der Waals surface area (Å²) in [6.07, 6.45) is 2.89. The van der Waals surface area contributed by atoms with Crippen molar-refractivity contribution >= 4 is 46.0 Å². The van der Waals surface area contributed by atoms with Crippen LogP contribution < -0.4 is 9.64 Å². The standard InChI is InChI=1S/C29H22FN3O5S2/c1-38-23-15-19(10-14-21(23)34)25-24(22(35)13-9-17-5-3-2-4-6-17)26(36)27(37)33(25)28-31-32-29(40-28)39-16-18-7-11-20(30)12-8-18/h2-15,25,34,36H,16H2,1H3/b13-9+. The van der Waals surface area contributed by atoms with Gasteiger partial charge in [-0.05, 0) is 47.0 Å². The number of aromatic hydroxyl groups is 1. The number of benzene rings is 3. The van der Waals surface area contributed by atoms with Gasteiger partial charge in [-0.15, -0.1) is 10.2 Å². The van der Waals surface area contributed by atoms with Crippen LogP contribution in [-0.2, 0) is 15.3 Å². The molecular weight excluding hydrogens is 553 g/mol. The van der Waals surface area contributed by atoms with Crippen molar-refractivity contribution in [2.45, 2.75) is 16.1 Å². The minimum atomic E-state index is -1.06. The molecule has 0 saturated heterocycles. The molecule has 0 aliphatic carbocycles. The lowest BCUT2D eigenvalue weighted by Gasteiger charge is -2.24. The number of ketones is 1. The molecule has 40 heavy (non-hydrogen) atoms. The Kier molecular flexibility index (Phi) is 7.94. The largest absolute Gasteiger partial charge is 0.504 e. The summed E-state index contributed by atoms with van der Waals surface area (Å²) in [6, 6.07) is 18.6. The number of methoxy groups -OCH3 is 1. The fourth-order valence-electron chi connectivity index (χ4n) is 4.14. The topological polar surface area (TPSA) is 113 Å². The van der Waals surface area contributed by atoms with Gasteiger partial charge in [0.2, 0.25) is 5.13 Å². The molecule has 4 aromatic rings. The molecule has 2 N–H and O–H groups in total. The van der Waals surface area contributed by atoms with Gasteiger partial charge in [-0.1, -0.05) is 77.7 Å². The summed E-state index contributed by atoms with van der Waals surface area (Å²) in [6.45, 7) is 0. The van der Waals surface area contributed by atoms with E-state index in [1.165, 1.54) is 54.1 Å². The summed E-state index contributed by atoms with van der Waals surface area (Å²) >= 11 is 2.47. The van der Waals surface area contributed by atoms with Crippen LogP contribution in [0.15, 0.2) is 94.5 Å². The lowest BCUT2D eigenvalue weighted by atomic mass is 9.95. The summed E-state index contributed by atoms with van der Waals surface area (Å²) < 4.78 is 19.0. The number of ether oxygens (including phenoxy) is 1. The minimum Gasteiger partial charge on any atom is -0.504 e. The second kappa shape index (κ2) is 11.7. The Morgan fingerprint density at radius 1 is 1.10 bits per heavy atom. The zero-order valence-electron chi connectivity index (χ0n) is 21.0. The Hall–Kier alpha value is -4.48. The molecule has 8 nitrogen and oxygen atoms in total. The summed E-state index contributed by atoms with van der Waals surface area (Å²) in [5, 5.41) is 29.6. The van der Waals surface area contributed by atoms with Crippen molar-refractivity contribution in [1.82, 2.24) is 10.2 Å². The first-order valence-electron chi connectivity index (χ1n) is 12.0. The first-order chi connectivity index (χ1) is 19.4. The van der Waals surface area contributed by atoms with E-state index < -0.39 is 23.5 Å². The van der Waals surface area contributed by atoms with E-state index >= 15 is 0 Å². The molecule has 2 heterocycles. The molecule has 3 aromatic carbocycles. The van der Waals surface area contributed by atoms with Crippen molar-refractivity contribution in [1.29, 1.82) is 0 Å². The van der Waals surface area contributed by atoms with Gasteiger partial charge in [0, 0.05) is 5.75 Å². The quantitative estimate of drug-likeness (QED) is 0.145. The van der Waals surface area contributed by atoms with E-state index in [0.717, 1.165) is 22.5 Å². The molecule has 1 aliphatic heterocycles. The van der Waals surface area contributed by atoms with E-state index in [9.17, 15) is 24.2 Å². The second-order valence-corrected chi connectivity index (χ2v) is 10.8. The smallest absolute Gasteiger partial charge is 0.296 e. The number of carbonyl (C=O) groups is 2. The highest BCUT2D eigenvalue weighted by Gasteiger charge is 2.45. The van der Waals surface area contributed by atoms with Crippen molar-refractivity contribution in [2.75, 3.05) is 12.0 Å². The maximum absolute atomic E-state index is 13.4. The van der Waals surface area contributed by atoms with Crippen molar-refractivity contribution < 1.29 is 28.9 Å². The van der Waals surface area contributed by atoms with Crippen molar-refractivity contribution in [2.24, 2.45) is 0 Å². The predicted molar refractivity (Wildman–Crippen MR) is 151 cm³/mol. The summed E-state index contributed by atoms with van der Waals surface area (Å²) in [4.78, 5) is 28.0. The third-order valence-corrected chi connectivity index (χ3v) is 8.22. The lowest BCUT2D eigenvalue weighted by Crippen LogP contribution is -2.30. The van der Waals surface area contributed by atoms with E-state index in [0.29, 0.717) is 15.7 Å². The fourth-order valence-corrected chi connectivity index (χ4v) is 5.97. The molecule has 0 radical (unpaired) electrons. The maximum atomic E-state index is 13.4. The molecule has 0 bridgehead atoms. The first-order valence-corrected chi connectivity index (χ1v) is 13.8. The number of hydrogen-bond acceptors (Lipinski definition) is 9. The van der Waals surface area contributed by atoms with Crippen LogP contribution in [0.5, 0.6) is 11.5 Å². The van der Waals surface area contributed by atoms with Crippen LogP contribution in [0.2, 0.25) is 0 Å². The van der Waals surface area contributed by atoms with Gasteiger partial charge in [-0.2, -0.15) is 0 Å². The van der Waals surface area contributed by atoms with Gasteiger partial charge in [0.25, 0.3) is 5.91 Å². The van der Waals surface area contributed by atoms with Gasteiger partial charge in [0.1, 0.15) is 5.82 Å². The molecule has 1 aliphatic rings. The number of aliphatic hydroxyl groups is 1. The molecule has 0 spiro atoms. The summed E-state index contributed by atoms with van der Waals surface area (Å²) in [5.41, 5.74) is 1.93.